The molecule has 0 unspecified atom stereocenters. The fraction of sp³-hybridized carbons (Fsp3) is 0.583. The van der Waals surface area contributed by atoms with E-state index in [0.29, 0.717) is 24.7 Å². The van der Waals surface area contributed by atoms with Crippen molar-refractivity contribution >= 4 is 5.95 Å². The van der Waals surface area contributed by atoms with Gasteiger partial charge in [-0.3, -0.25) is 4.98 Å². The van der Waals surface area contributed by atoms with Gasteiger partial charge >= 0.3 is 5.69 Å². The molecule has 0 aromatic carbocycles. The average Bonchev–Trinajstić information content (AvgIpc) is 2.89. The van der Waals surface area contributed by atoms with Crippen molar-refractivity contribution in [2.24, 2.45) is 0 Å². The van der Waals surface area contributed by atoms with Gasteiger partial charge in [0.25, 0.3) is 0 Å². The molecule has 0 saturated carbocycles. The number of H-pyrrole nitrogens is 2. The second kappa shape index (κ2) is 6.78. The van der Waals surface area contributed by atoms with Crippen LogP contribution in [0.4, 0.5) is 5.95 Å². The summed E-state index contributed by atoms with van der Waals surface area (Å²) in [4.78, 5) is 17.9. The summed E-state index contributed by atoms with van der Waals surface area (Å²) in [5.41, 5.74) is 1.66. The highest BCUT2D eigenvalue weighted by Crippen LogP contribution is 2.06. The Morgan fingerprint density at radius 3 is 2.60 bits per heavy atom. The summed E-state index contributed by atoms with van der Waals surface area (Å²) in [5, 5.41) is 17.5. The summed E-state index contributed by atoms with van der Waals surface area (Å²) >= 11 is 0. The number of hydrogen-bond acceptors (Lipinski definition) is 6. The molecule has 2 aromatic rings. The molecule has 20 heavy (non-hydrogen) atoms. The molecule has 0 saturated heterocycles. The van der Waals surface area contributed by atoms with Crippen molar-refractivity contribution in [2.75, 3.05) is 11.9 Å². The molecule has 0 amide bonds. The van der Waals surface area contributed by atoms with E-state index in [-0.39, 0.29) is 5.69 Å². The largest absolute Gasteiger partial charge is 0.353 e. The van der Waals surface area contributed by atoms with Gasteiger partial charge in [-0.05, 0) is 19.3 Å². The molecule has 108 valence electrons. The van der Waals surface area contributed by atoms with E-state index in [9.17, 15) is 4.79 Å². The lowest BCUT2D eigenvalue weighted by Crippen LogP contribution is -2.11. The molecular formula is C12H19N7O. The first-order chi connectivity index (χ1) is 9.72. The Kier molecular flexibility index (Phi) is 4.80. The van der Waals surface area contributed by atoms with E-state index in [4.69, 9.17) is 0 Å². The van der Waals surface area contributed by atoms with Crippen molar-refractivity contribution in [1.29, 1.82) is 0 Å². The zero-order chi connectivity index (χ0) is 14.4. The zero-order valence-electron chi connectivity index (χ0n) is 11.7. The number of nitrogens with one attached hydrogen (secondary N) is 3. The van der Waals surface area contributed by atoms with Crippen LogP contribution in [-0.4, -0.2) is 36.9 Å². The molecule has 2 heterocycles. The van der Waals surface area contributed by atoms with E-state index in [2.05, 4.69) is 42.6 Å². The standard InChI is InChI=1S/C12H19N7O/c1-3-8-9(4-2)16-18-11(14-8)13-7-5-6-10-15-12(20)19-17-10/h3-7H2,1-2H3,(H,13,14,18)(H2,15,17,19,20). The number of aromatic amines is 2. The van der Waals surface area contributed by atoms with E-state index in [1.807, 2.05) is 6.92 Å². The number of aromatic nitrogens is 6. The Hall–Kier alpha value is -2.25. The second-order valence-electron chi connectivity index (χ2n) is 4.39. The Balaban J connectivity index is 1.83. The molecule has 0 aliphatic heterocycles. The predicted molar refractivity (Wildman–Crippen MR) is 74.6 cm³/mol. The molecule has 0 spiro atoms. The second-order valence-corrected chi connectivity index (χ2v) is 4.39. The fourth-order valence-electron chi connectivity index (χ4n) is 1.89. The third-order valence-electron chi connectivity index (χ3n) is 2.93. The van der Waals surface area contributed by atoms with Crippen LogP contribution in [0.15, 0.2) is 4.79 Å². The van der Waals surface area contributed by atoms with Crippen molar-refractivity contribution in [3.05, 3.63) is 27.7 Å². The van der Waals surface area contributed by atoms with Crippen molar-refractivity contribution < 1.29 is 0 Å². The molecule has 3 N–H and O–H groups in total. The lowest BCUT2D eigenvalue weighted by atomic mass is 10.2. The molecule has 2 aromatic heterocycles. The van der Waals surface area contributed by atoms with E-state index < -0.39 is 0 Å². The lowest BCUT2D eigenvalue weighted by molar-refractivity contribution is 0.781. The first-order valence-electron chi connectivity index (χ1n) is 6.82. The molecular weight excluding hydrogens is 258 g/mol. The van der Waals surface area contributed by atoms with Crippen LogP contribution in [0.1, 0.15) is 37.5 Å². The van der Waals surface area contributed by atoms with Gasteiger partial charge in [0.1, 0.15) is 5.82 Å². The minimum absolute atomic E-state index is 0.275. The van der Waals surface area contributed by atoms with Gasteiger partial charge in [-0.1, -0.05) is 13.8 Å². The highest BCUT2D eigenvalue weighted by molar-refractivity contribution is 5.25. The predicted octanol–water partition coefficient (Wildman–Crippen LogP) is 0.453. The maximum absolute atomic E-state index is 10.9. The molecule has 0 aliphatic rings. The van der Waals surface area contributed by atoms with E-state index in [1.165, 1.54) is 0 Å². The quantitative estimate of drug-likeness (QED) is 0.633. The van der Waals surface area contributed by atoms with Crippen LogP contribution in [0.2, 0.25) is 0 Å². The molecule has 0 aliphatic carbocycles. The zero-order valence-corrected chi connectivity index (χ0v) is 11.7. The van der Waals surface area contributed by atoms with Crippen molar-refractivity contribution in [1.82, 2.24) is 30.4 Å². The van der Waals surface area contributed by atoms with Gasteiger partial charge in [0, 0.05) is 13.0 Å². The molecule has 8 heteroatoms. The van der Waals surface area contributed by atoms with Gasteiger partial charge in [0.2, 0.25) is 5.95 Å². The summed E-state index contributed by atoms with van der Waals surface area (Å²) in [7, 11) is 0. The number of aryl methyl sites for hydroxylation is 3. The maximum Gasteiger partial charge on any atom is 0.340 e. The summed E-state index contributed by atoms with van der Waals surface area (Å²) in [6, 6.07) is 0. The Bertz CT molecular complexity index is 604. The summed E-state index contributed by atoms with van der Waals surface area (Å²) in [5.74, 6) is 1.21. The van der Waals surface area contributed by atoms with Gasteiger partial charge < -0.3 is 5.32 Å². The number of nitrogens with zero attached hydrogens (tertiary/aromatic N) is 4. The van der Waals surface area contributed by atoms with Crippen LogP contribution in [0.5, 0.6) is 0 Å². The smallest absolute Gasteiger partial charge is 0.340 e. The third-order valence-corrected chi connectivity index (χ3v) is 2.93. The summed E-state index contributed by atoms with van der Waals surface area (Å²) < 4.78 is 0. The molecule has 0 atom stereocenters. The van der Waals surface area contributed by atoms with Crippen LogP contribution < -0.4 is 11.0 Å². The third kappa shape index (κ3) is 3.62. The lowest BCUT2D eigenvalue weighted by Gasteiger charge is -2.07. The monoisotopic (exact) mass is 277 g/mol. The van der Waals surface area contributed by atoms with Gasteiger partial charge in [0.05, 0.1) is 11.4 Å². The van der Waals surface area contributed by atoms with E-state index in [1.54, 1.807) is 0 Å². The van der Waals surface area contributed by atoms with Crippen molar-refractivity contribution in [3.63, 3.8) is 0 Å². The average molecular weight is 277 g/mol. The van der Waals surface area contributed by atoms with Crippen molar-refractivity contribution in [2.45, 2.75) is 39.5 Å². The minimum atomic E-state index is -0.275. The molecule has 0 bridgehead atoms. The Labute approximate surface area is 116 Å². The van der Waals surface area contributed by atoms with Crippen LogP contribution in [0.3, 0.4) is 0 Å². The maximum atomic E-state index is 10.9. The molecule has 2 rings (SSSR count). The van der Waals surface area contributed by atoms with Gasteiger partial charge in [-0.15, -0.1) is 5.10 Å². The van der Waals surface area contributed by atoms with E-state index >= 15 is 0 Å². The normalized spacial score (nSPS) is 10.7. The Morgan fingerprint density at radius 1 is 1.15 bits per heavy atom. The van der Waals surface area contributed by atoms with Gasteiger partial charge in [0.15, 0.2) is 0 Å². The van der Waals surface area contributed by atoms with Gasteiger partial charge in [-0.25, -0.2) is 14.9 Å². The summed E-state index contributed by atoms with van der Waals surface area (Å²) in [6.45, 7) is 4.80. The topological polar surface area (TPSA) is 112 Å². The number of hydrogen-bond donors (Lipinski definition) is 3. The SMILES string of the molecule is CCc1nnc(NCCCc2n[nH]c(=O)[nH]2)nc1CC. The van der Waals surface area contributed by atoms with Crippen LogP contribution in [0, 0.1) is 0 Å². The first-order valence-corrected chi connectivity index (χ1v) is 6.82. The van der Waals surface area contributed by atoms with Crippen LogP contribution >= 0.6 is 0 Å². The molecule has 0 fully saturated rings. The fourth-order valence-corrected chi connectivity index (χ4v) is 1.89. The minimum Gasteiger partial charge on any atom is -0.353 e. The number of anilines is 1. The van der Waals surface area contributed by atoms with E-state index in [0.717, 1.165) is 30.7 Å². The van der Waals surface area contributed by atoms with Crippen LogP contribution in [-0.2, 0) is 19.3 Å². The highest BCUT2D eigenvalue weighted by atomic mass is 16.1. The molecule has 0 radical (unpaired) electrons. The number of rotatable bonds is 7. The highest BCUT2D eigenvalue weighted by Gasteiger charge is 2.05. The summed E-state index contributed by atoms with van der Waals surface area (Å²) in [6.07, 6.45) is 3.20. The van der Waals surface area contributed by atoms with Gasteiger partial charge in [-0.2, -0.15) is 10.2 Å². The van der Waals surface area contributed by atoms with Crippen LogP contribution in [0.25, 0.3) is 0 Å². The van der Waals surface area contributed by atoms with Crippen molar-refractivity contribution in [3.8, 4) is 0 Å². The molecule has 8 nitrogen and oxygen atoms in total. The Morgan fingerprint density at radius 2 is 1.95 bits per heavy atom. The first kappa shape index (κ1) is 14.2.